The molecule has 0 aliphatic heterocycles. The number of hydrogen-bond donors (Lipinski definition) is 3. The first kappa shape index (κ1) is 14.0. The van der Waals surface area contributed by atoms with Gasteiger partial charge in [-0.15, -0.1) is 0 Å². The first-order valence-electron chi connectivity index (χ1n) is 6.88. The lowest BCUT2D eigenvalue weighted by molar-refractivity contribution is 0.0706. The number of fused-ring (bicyclic) bond motifs is 1. The van der Waals surface area contributed by atoms with E-state index >= 15 is 0 Å². The number of anilines is 1. The minimum absolute atomic E-state index is 0.418. The third-order valence-corrected chi connectivity index (χ3v) is 3.42. The smallest absolute Gasteiger partial charge is 0.274 e. The summed E-state index contributed by atoms with van der Waals surface area (Å²) >= 11 is 0. The Hall–Kier alpha value is -2.92. The summed E-state index contributed by atoms with van der Waals surface area (Å²) in [6, 6.07) is 17.0. The molecule has 0 radical (unpaired) electrons. The Labute approximate surface area is 127 Å². The number of nitrogens with one attached hydrogen (secondary N) is 2. The average molecular weight is 293 g/mol. The van der Waals surface area contributed by atoms with Crippen LogP contribution >= 0.6 is 0 Å². The highest BCUT2D eigenvalue weighted by molar-refractivity contribution is 5.93. The quantitative estimate of drug-likeness (QED) is 0.511. The van der Waals surface area contributed by atoms with Crippen LogP contribution in [0.25, 0.3) is 10.9 Å². The van der Waals surface area contributed by atoms with Crippen molar-refractivity contribution in [2.75, 3.05) is 5.32 Å². The van der Waals surface area contributed by atoms with E-state index in [1.54, 1.807) is 23.8 Å². The molecule has 3 rings (SSSR count). The fourth-order valence-corrected chi connectivity index (χ4v) is 2.22. The van der Waals surface area contributed by atoms with E-state index < -0.39 is 5.91 Å². The Morgan fingerprint density at radius 1 is 1.09 bits per heavy atom. The Morgan fingerprint density at radius 3 is 2.68 bits per heavy atom. The number of aromatic nitrogens is 1. The van der Waals surface area contributed by atoms with Gasteiger partial charge < -0.3 is 5.32 Å². The molecule has 2 aromatic carbocycles. The predicted octanol–water partition coefficient (Wildman–Crippen LogP) is 2.97. The van der Waals surface area contributed by atoms with Crippen LogP contribution in [0.4, 0.5) is 5.69 Å². The Balaban J connectivity index is 1.69. The summed E-state index contributed by atoms with van der Waals surface area (Å²) in [7, 11) is 0. The van der Waals surface area contributed by atoms with Crippen molar-refractivity contribution in [1.29, 1.82) is 0 Å². The maximum Gasteiger partial charge on any atom is 0.274 e. The fourth-order valence-electron chi connectivity index (χ4n) is 2.22. The normalized spacial score (nSPS) is 10.4. The van der Waals surface area contributed by atoms with Gasteiger partial charge in [-0.05, 0) is 35.9 Å². The molecule has 0 unspecified atom stereocenters. The van der Waals surface area contributed by atoms with E-state index in [1.807, 2.05) is 42.5 Å². The number of benzene rings is 2. The molecule has 0 saturated carbocycles. The van der Waals surface area contributed by atoms with Gasteiger partial charge in [-0.3, -0.25) is 15.0 Å². The van der Waals surface area contributed by atoms with Gasteiger partial charge in [0.2, 0.25) is 0 Å². The van der Waals surface area contributed by atoms with Gasteiger partial charge in [-0.25, -0.2) is 5.48 Å². The van der Waals surface area contributed by atoms with Gasteiger partial charge in [0.1, 0.15) is 0 Å². The molecule has 1 amide bonds. The molecule has 5 nitrogen and oxygen atoms in total. The zero-order valence-corrected chi connectivity index (χ0v) is 11.8. The first-order valence-corrected chi connectivity index (χ1v) is 6.88. The Morgan fingerprint density at radius 2 is 1.91 bits per heavy atom. The van der Waals surface area contributed by atoms with Crippen LogP contribution in [0.2, 0.25) is 0 Å². The lowest BCUT2D eigenvalue weighted by atomic mass is 10.1. The van der Waals surface area contributed by atoms with Crippen LogP contribution in [0.3, 0.4) is 0 Å². The van der Waals surface area contributed by atoms with Crippen molar-refractivity contribution in [1.82, 2.24) is 10.5 Å². The monoisotopic (exact) mass is 293 g/mol. The van der Waals surface area contributed by atoms with Crippen molar-refractivity contribution >= 4 is 22.5 Å². The number of rotatable bonds is 4. The van der Waals surface area contributed by atoms with Gasteiger partial charge in [0, 0.05) is 29.4 Å². The van der Waals surface area contributed by atoms with Gasteiger partial charge in [0.25, 0.3) is 5.91 Å². The SMILES string of the molecule is O=C(NO)c1ccc(CNc2ccc3cccnc3c2)cc1. The number of carbonyl (C=O) groups excluding carboxylic acids is 1. The van der Waals surface area contributed by atoms with Crippen molar-refractivity contribution in [3.63, 3.8) is 0 Å². The van der Waals surface area contributed by atoms with Crippen molar-refractivity contribution in [3.8, 4) is 0 Å². The number of carbonyl (C=O) groups is 1. The van der Waals surface area contributed by atoms with Crippen LogP contribution in [0.1, 0.15) is 15.9 Å². The topological polar surface area (TPSA) is 74.2 Å². The molecule has 22 heavy (non-hydrogen) atoms. The maximum absolute atomic E-state index is 11.2. The number of nitrogens with zero attached hydrogens (tertiary/aromatic N) is 1. The van der Waals surface area contributed by atoms with E-state index in [9.17, 15) is 4.79 Å². The molecule has 3 aromatic rings. The zero-order valence-electron chi connectivity index (χ0n) is 11.8. The summed E-state index contributed by atoms with van der Waals surface area (Å²) in [6.45, 7) is 0.638. The van der Waals surface area contributed by atoms with E-state index in [-0.39, 0.29) is 0 Å². The van der Waals surface area contributed by atoms with Crippen LogP contribution in [-0.2, 0) is 6.54 Å². The van der Waals surface area contributed by atoms with Crippen LogP contribution < -0.4 is 10.8 Å². The number of pyridine rings is 1. The molecule has 110 valence electrons. The maximum atomic E-state index is 11.2. The van der Waals surface area contributed by atoms with Crippen LogP contribution in [0.15, 0.2) is 60.8 Å². The van der Waals surface area contributed by atoms with Crippen molar-refractivity contribution in [2.45, 2.75) is 6.54 Å². The third-order valence-electron chi connectivity index (χ3n) is 3.42. The van der Waals surface area contributed by atoms with Gasteiger partial charge in [-0.2, -0.15) is 0 Å². The summed E-state index contributed by atoms with van der Waals surface area (Å²) in [5.74, 6) is -0.514. The van der Waals surface area contributed by atoms with Gasteiger partial charge in [0.15, 0.2) is 0 Å². The summed E-state index contributed by atoms with van der Waals surface area (Å²) < 4.78 is 0. The Bertz CT molecular complexity index is 800. The first-order chi connectivity index (χ1) is 10.8. The van der Waals surface area contributed by atoms with Crippen LogP contribution in [-0.4, -0.2) is 16.1 Å². The summed E-state index contributed by atoms with van der Waals surface area (Å²) in [5, 5.41) is 13.0. The standard InChI is InChI=1S/C17H15N3O2/c21-17(20-22)14-5-3-12(4-6-14)11-19-15-8-7-13-2-1-9-18-16(13)10-15/h1-10,19,22H,11H2,(H,20,21). The van der Waals surface area contributed by atoms with E-state index in [1.165, 1.54) is 0 Å². The minimum Gasteiger partial charge on any atom is -0.381 e. The fraction of sp³-hybridized carbons (Fsp3) is 0.0588. The second-order valence-corrected chi connectivity index (χ2v) is 4.90. The van der Waals surface area contributed by atoms with E-state index in [0.717, 1.165) is 22.2 Å². The summed E-state index contributed by atoms with van der Waals surface area (Å²) in [5.41, 5.74) is 5.01. The molecule has 1 heterocycles. The lowest BCUT2D eigenvalue weighted by Crippen LogP contribution is -2.18. The van der Waals surface area contributed by atoms with Gasteiger partial charge in [-0.1, -0.05) is 24.3 Å². The zero-order chi connectivity index (χ0) is 15.4. The molecule has 0 atom stereocenters. The minimum atomic E-state index is -0.514. The van der Waals surface area contributed by atoms with E-state index in [0.29, 0.717) is 12.1 Å². The lowest BCUT2D eigenvalue weighted by Gasteiger charge is -2.08. The molecular formula is C17H15N3O2. The molecule has 0 fully saturated rings. The van der Waals surface area contributed by atoms with Gasteiger partial charge >= 0.3 is 0 Å². The summed E-state index contributed by atoms with van der Waals surface area (Å²) in [6.07, 6.45) is 1.77. The Kier molecular flexibility index (Phi) is 3.98. The van der Waals surface area contributed by atoms with Crippen molar-refractivity contribution < 1.29 is 10.0 Å². The molecule has 0 saturated heterocycles. The van der Waals surface area contributed by atoms with Gasteiger partial charge in [0.05, 0.1) is 5.52 Å². The number of hydroxylamine groups is 1. The molecule has 0 aliphatic carbocycles. The molecule has 0 bridgehead atoms. The van der Waals surface area contributed by atoms with Crippen LogP contribution in [0, 0.1) is 0 Å². The molecule has 5 heteroatoms. The molecule has 3 N–H and O–H groups in total. The molecular weight excluding hydrogens is 278 g/mol. The molecule has 0 spiro atoms. The second kappa shape index (κ2) is 6.24. The molecule has 1 aromatic heterocycles. The third kappa shape index (κ3) is 3.05. The largest absolute Gasteiger partial charge is 0.381 e. The second-order valence-electron chi connectivity index (χ2n) is 4.90. The van der Waals surface area contributed by atoms with Crippen molar-refractivity contribution in [3.05, 3.63) is 71.9 Å². The van der Waals surface area contributed by atoms with E-state index in [4.69, 9.17) is 5.21 Å². The predicted molar refractivity (Wildman–Crippen MR) is 84.8 cm³/mol. The highest BCUT2D eigenvalue weighted by Gasteiger charge is 2.03. The molecule has 0 aliphatic rings. The van der Waals surface area contributed by atoms with Crippen LogP contribution in [0.5, 0.6) is 0 Å². The number of hydrogen-bond acceptors (Lipinski definition) is 4. The average Bonchev–Trinajstić information content (AvgIpc) is 2.59. The highest BCUT2D eigenvalue weighted by Crippen LogP contribution is 2.17. The van der Waals surface area contributed by atoms with Crippen molar-refractivity contribution in [2.24, 2.45) is 0 Å². The van der Waals surface area contributed by atoms with E-state index in [2.05, 4.69) is 10.3 Å². The summed E-state index contributed by atoms with van der Waals surface area (Å²) in [4.78, 5) is 15.6. The number of amides is 1. The highest BCUT2D eigenvalue weighted by atomic mass is 16.5.